The van der Waals surface area contributed by atoms with Crippen LogP contribution in [0.15, 0.2) is 18.0 Å². The van der Waals surface area contributed by atoms with E-state index in [2.05, 4.69) is 15.6 Å². The molecule has 1 fully saturated rings. The summed E-state index contributed by atoms with van der Waals surface area (Å²) >= 11 is 5.81. The molecule has 0 aliphatic carbocycles. The van der Waals surface area contributed by atoms with E-state index in [9.17, 15) is 10.1 Å². The minimum Gasteiger partial charge on any atom is -0.366 e. The van der Waals surface area contributed by atoms with Crippen molar-refractivity contribution >= 4 is 17.3 Å². The average Bonchev–Trinajstić information content (AvgIpc) is 2.35. The van der Waals surface area contributed by atoms with Crippen LogP contribution in [0.4, 0.5) is 0 Å². The molecule has 1 aromatic rings. The zero-order chi connectivity index (χ0) is 13.1. The Morgan fingerprint density at radius 2 is 2.11 bits per heavy atom. The number of aryl methyl sites for hydroxylation is 1. The summed E-state index contributed by atoms with van der Waals surface area (Å²) in [6.45, 7) is 3.18. The van der Waals surface area contributed by atoms with Gasteiger partial charge in [0.15, 0.2) is 5.82 Å². The lowest BCUT2D eigenvalue weighted by Crippen LogP contribution is -2.37. The Hall–Kier alpha value is -1.82. The maximum Gasteiger partial charge on any atom is 0.334 e. The number of hydrogen-bond donors (Lipinski definition) is 2. The summed E-state index contributed by atoms with van der Waals surface area (Å²) in [7, 11) is 0. The van der Waals surface area contributed by atoms with Gasteiger partial charge >= 0.3 is 5.70 Å². The summed E-state index contributed by atoms with van der Waals surface area (Å²) < 4.78 is 0. The van der Waals surface area contributed by atoms with E-state index in [-0.39, 0.29) is 10.9 Å². The Kier molecular flexibility index (Phi) is 3.66. The molecule has 2 N–H and O–H groups in total. The summed E-state index contributed by atoms with van der Waals surface area (Å²) in [6, 6.07) is 3.34. The molecule has 0 saturated carbocycles. The van der Waals surface area contributed by atoms with Crippen LogP contribution in [0.2, 0.25) is 5.15 Å². The maximum absolute atomic E-state index is 11.2. The fourth-order valence-electron chi connectivity index (χ4n) is 1.79. The molecule has 1 aliphatic heterocycles. The second kappa shape index (κ2) is 5.22. The Bertz CT molecular complexity index is 508. The zero-order valence-electron chi connectivity index (χ0n) is 9.86. The molecule has 1 aliphatic rings. The van der Waals surface area contributed by atoms with Gasteiger partial charge in [0.25, 0.3) is 0 Å². The lowest BCUT2D eigenvalue weighted by molar-refractivity contribution is -0.377. The van der Waals surface area contributed by atoms with Crippen LogP contribution in [0.3, 0.4) is 0 Å². The van der Waals surface area contributed by atoms with Gasteiger partial charge < -0.3 is 10.6 Å². The highest BCUT2D eigenvalue weighted by atomic mass is 35.5. The molecule has 6 nitrogen and oxygen atoms in total. The summed E-state index contributed by atoms with van der Waals surface area (Å²) in [5.41, 5.74) is 0.951. The largest absolute Gasteiger partial charge is 0.366 e. The van der Waals surface area contributed by atoms with Crippen LogP contribution < -0.4 is 10.6 Å². The molecule has 7 heteroatoms. The number of nitrogens with one attached hydrogen (secondary N) is 2. The first kappa shape index (κ1) is 12.6. The first-order chi connectivity index (χ1) is 8.59. The third kappa shape index (κ3) is 2.53. The molecule has 0 unspecified atom stereocenters. The highest BCUT2D eigenvalue weighted by molar-refractivity contribution is 6.29. The fraction of sp³-hybridized carbons (Fsp3) is 0.364. The van der Waals surface area contributed by atoms with Gasteiger partial charge in [-0.05, 0) is 25.0 Å². The van der Waals surface area contributed by atoms with Crippen LogP contribution in [0, 0.1) is 17.0 Å². The van der Waals surface area contributed by atoms with Crippen LogP contribution in [-0.2, 0) is 0 Å². The van der Waals surface area contributed by atoms with Crippen molar-refractivity contribution in [1.82, 2.24) is 15.6 Å². The monoisotopic (exact) mass is 268 g/mol. The minimum absolute atomic E-state index is 0.0605. The van der Waals surface area contributed by atoms with Crippen molar-refractivity contribution in [2.75, 3.05) is 13.1 Å². The molecule has 18 heavy (non-hydrogen) atoms. The molecule has 0 amide bonds. The first-order valence-electron chi connectivity index (χ1n) is 5.59. The van der Waals surface area contributed by atoms with Gasteiger partial charge in [0.2, 0.25) is 0 Å². The van der Waals surface area contributed by atoms with Crippen molar-refractivity contribution in [1.29, 1.82) is 0 Å². The molecular formula is C11H13ClN4O2. The molecule has 0 radical (unpaired) electrons. The van der Waals surface area contributed by atoms with Gasteiger partial charge in [-0.25, -0.2) is 4.98 Å². The quantitative estimate of drug-likeness (QED) is 0.483. The molecule has 0 atom stereocenters. The smallest absolute Gasteiger partial charge is 0.334 e. The standard InChI is InChI=1S/C11H13ClN4O2/c1-7-3-4-8(12)15-9(7)10(16(17)18)11-13-5-2-6-14-11/h3-4,13-14H,2,5-6H2,1H3. The van der Waals surface area contributed by atoms with Crippen LogP contribution in [-0.4, -0.2) is 23.0 Å². The summed E-state index contributed by atoms with van der Waals surface area (Å²) in [5, 5.41) is 17.5. The number of nitrogens with zero attached hydrogens (tertiary/aromatic N) is 2. The Labute approximate surface area is 109 Å². The number of hydrogen-bond acceptors (Lipinski definition) is 5. The van der Waals surface area contributed by atoms with Crippen LogP contribution in [0.5, 0.6) is 0 Å². The van der Waals surface area contributed by atoms with Crippen molar-refractivity contribution in [3.8, 4) is 0 Å². The van der Waals surface area contributed by atoms with Crippen LogP contribution in [0.1, 0.15) is 17.7 Å². The first-order valence-corrected chi connectivity index (χ1v) is 5.97. The van der Waals surface area contributed by atoms with Gasteiger partial charge in [-0.3, -0.25) is 10.1 Å². The van der Waals surface area contributed by atoms with Gasteiger partial charge in [-0.1, -0.05) is 17.7 Å². The third-order valence-corrected chi connectivity index (χ3v) is 2.87. The van der Waals surface area contributed by atoms with Gasteiger partial charge in [-0.15, -0.1) is 0 Å². The topological polar surface area (TPSA) is 80.1 Å². The van der Waals surface area contributed by atoms with Crippen LogP contribution in [0.25, 0.3) is 5.70 Å². The van der Waals surface area contributed by atoms with E-state index in [4.69, 9.17) is 11.6 Å². The molecule has 2 rings (SSSR count). The SMILES string of the molecule is Cc1ccc(Cl)nc1C(=C1NCCCN1)[N+](=O)[O-]. The second-order valence-electron chi connectivity index (χ2n) is 3.99. The van der Waals surface area contributed by atoms with Crippen molar-refractivity contribution < 1.29 is 4.92 Å². The van der Waals surface area contributed by atoms with Crippen molar-refractivity contribution in [2.45, 2.75) is 13.3 Å². The maximum atomic E-state index is 11.2. The van der Waals surface area contributed by atoms with Crippen molar-refractivity contribution in [3.05, 3.63) is 44.5 Å². The number of nitro groups is 1. The van der Waals surface area contributed by atoms with E-state index in [1.807, 2.05) is 0 Å². The molecule has 0 bridgehead atoms. The third-order valence-electron chi connectivity index (χ3n) is 2.66. The van der Waals surface area contributed by atoms with E-state index in [1.54, 1.807) is 19.1 Å². The minimum atomic E-state index is -0.438. The van der Waals surface area contributed by atoms with Gasteiger partial charge in [0.1, 0.15) is 10.8 Å². The molecule has 1 aromatic heterocycles. The molecule has 0 spiro atoms. The number of pyridine rings is 1. The van der Waals surface area contributed by atoms with E-state index in [0.717, 1.165) is 6.42 Å². The molecular weight excluding hydrogens is 256 g/mol. The fourth-order valence-corrected chi connectivity index (χ4v) is 1.93. The van der Waals surface area contributed by atoms with Crippen molar-refractivity contribution in [2.24, 2.45) is 0 Å². The number of rotatable bonds is 2. The summed E-state index contributed by atoms with van der Waals surface area (Å²) in [4.78, 5) is 14.9. The molecule has 0 aromatic carbocycles. The predicted molar refractivity (Wildman–Crippen MR) is 68.5 cm³/mol. The number of halogens is 1. The van der Waals surface area contributed by atoms with E-state index in [1.165, 1.54) is 0 Å². The van der Waals surface area contributed by atoms with Crippen LogP contribution >= 0.6 is 11.6 Å². The summed E-state index contributed by atoms with van der Waals surface area (Å²) in [6.07, 6.45) is 0.927. The predicted octanol–water partition coefficient (Wildman–Crippen LogP) is 1.53. The molecule has 2 heterocycles. The summed E-state index contributed by atoms with van der Waals surface area (Å²) in [5.74, 6) is 0.407. The van der Waals surface area contributed by atoms with Crippen molar-refractivity contribution in [3.63, 3.8) is 0 Å². The average molecular weight is 269 g/mol. The Balaban J connectivity index is 2.53. The van der Waals surface area contributed by atoms with Gasteiger partial charge in [0.05, 0.1) is 4.92 Å². The Morgan fingerprint density at radius 1 is 1.44 bits per heavy atom. The lowest BCUT2D eigenvalue weighted by atomic mass is 10.1. The molecule has 96 valence electrons. The van der Waals surface area contributed by atoms with E-state index < -0.39 is 4.92 Å². The Morgan fingerprint density at radius 3 is 2.72 bits per heavy atom. The second-order valence-corrected chi connectivity index (χ2v) is 4.37. The van der Waals surface area contributed by atoms with E-state index >= 15 is 0 Å². The lowest BCUT2D eigenvalue weighted by Gasteiger charge is -2.19. The molecule has 1 saturated heterocycles. The normalized spacial score (nSPS) is 14.7. The van der Waals surface area contributed by atoms with E-state index in [0.29, 0.717) is 30.2 Å². The highest BCUT2D eigenvalue weighted by Crippen LogP contribution is 2.21. The van der Waals surface area contributed by atoms with Gasteiger partial charge in [0, 0.05) is 13.1 Å². The zero-order valence-corrected chi connectivity index (χ0v) is 10.6. The highest BCUT2D eigenvalue weighted by Gasteiger charge is 2.26. The van der Waals surface area contributed by atoms with Gasteiger partial charge in [-0.2, -0.15) is 0 Å². The number of aromatic nitrogens is 1.